The molecule has 0 unspecified atom stereocenters. The van der Waals surface area contributed by atoms with E-state index in [0.29, 0.717) is 11.5 Å². The van der Waals surface area contributed by atoms with Crippen LogP contribution in [0, 0.1) is 0 Å². The van der Waals surface area contributed by atoms with Gasteiger partial charge in [-0.05, 0) is 14.0 Å². The number of likely N-dealkylation sites (N-methyl/N-ethyl adjacent to an activating group) is 1. The highest BCUT2D eigenvalue weighted by Crippen LogP contribution is 1.92. The molecule has 0 radical (unpaired) electrons. The lowest BCUT2D eigenvalue weighted by Gasteiger charge is -2.16. The van der Waals surface area contributed by atoms with E-state index in [2.05, 4.69) is 35.9 Å². The number of carbonyl (C=O) groups is 2. The Morgan fingerprint density at radius 3 is 2.07 bits per heavy atom. The van der Waals surface area contributed by atoms with Gasteiger partial charge in [-0.15, -0.1) is 0 Å². The molecule has 0 aliphatic heterocycles. The normalized spacial score (nSPS) is 14.7. The second-order valence-corrected chi connectivity index (χ2v) is 3.95. The number of rotatable bonds is 8. The summed E-state index contributed by atoms with van der Waals surface area (Å²) in [5, 5.41) is 5.72. The van der Waals surface area contributed by atoms with Gasteiger partial charge in [-0.1, -0.05) is 0 Å². The van der Waals surface area contributed by atoms with Gasteiger partial charge in [-0.3, -0.25) is 14.9 Å². The van der Waals surface area contributed by atoms with Crippen molar-refractivity contribution < 1.29 is 9.59 Å². The van der Waals surface area contributed by atoms with Crippen LogP contribution >= 0.6 is 25.3 Å². The monoisotopic (exact) mass is 250 g/mol. The summed E-state index contributed by atoms with van der Waals surface area (Å²) in [5.41, 5.74) is 0. The highest BCUT2D eigenvalue weighted by molar-refractivity contribution is 7.80. The summed E-state index contributed by atoms with van der Waals surface area (Å²) in [4.78, 5) is 22.6. The fourth-order valence-electron chi connectivity index (χ4n) is 1.04. The number of hydrogen-bond donors (Lipinski definition) is 4. The van der Waals surface area contributed by atoms with Crippen molar-refractivity contribution in [3.8, 4) is 0 Å². The van der Waals surface area contributed by atoms with E-state index in [0.717, 1.165) is 0 Å². The molecule has 0 aliphatic rings. The van der Waals surface area contributed by atoms with Gasteiger partial charge >= 0.3 is 0 Å². The van der Waals surface area contributed by atoms with Crippen LogP contribution in [0.15, 0.2) is 0 Å². The standard InChI is InChI=1S/C9H18N2O2S2/c1-6(12)7(4-14)11-3-9(13)8(5-15)10-2/h7-8,10-11,14-15H,3-5H2,1-2H3/t7-,8-/m0/s1. The summed E-state index contributed by atoms with van der Waals surface area (Å²) in [6.45, 7) is 1.64. The third-order valence-corrected chi connectivity index (χ3v) is 2.85. The quantitative estimate of drug-likeness (QED) is 0.441. The van der Waals surface area contributed by atoms with Crippen molar-refractivity contribution in [2.75, 3.05) is 25.1 Å². The van der Waals surface area contributed by atoms with Crippen LogP contribution in [0.25, 0.3) is 0 Å². The first kappa shape index (κ1) is 15.0. The maximum Gasteiger partial charge on any atom is 0.164 e. The Kier molecular flexibility index (Phi) is 8.13. The van der Waals surface area contributed by atoms with Crippen molar-refractivity contribution in [2.24, 2.45) is 0 Å². The molecular weight excluding hydrogens is 232 g/mol. The zero-order valence-corrected chi connectivity index (χ0v) is 10.8. The molecule has 0 rings (SSSR count). The second kappa shape index (κ2) is 8.15. The number of Topliss-reactive ketones (excluding diaryl/α,β-unsaturated/α-hetero) is 2. The van der Waals surface area contributed by atoms with Crippen LogP contribution in [0.1, 0.15) is 6.92 Å². The lowest BCUT2D eigenvalue weighted by atomic mass is 10.2. The van der Waals surface area contributed by atoms with Crippen LogP contribution in [-0.2, 0) is 9.59 Å². The minimum Gasteiger partial charge on any atom is -0.310 e. The van der Waals surface area contributed by atoms with Gasteiger partial charge in [0.1, 0.15) is 5.78 Å². The van der Waals surface area contributed by atoms with E-state index in [4.69, 9.17) is 0 Å². The molecule has 4 nitrogen and oxygen atoms in total. The first-order valence-corrected chi connectivity index (χ1v) is 5.98. The number of carbonyl (C=O) groups excluding carboxylic acids is 2. The minimum absolute atomic E-state index is 0.000494. The summed E-state index contributed by atoms with van der Waals surface area (Å²) in [6.07, 6.45) is 0. The predicted octanol–water partition coefficient (Wildman–Crippen LogP) is -0.450. The van der Waals surface area contributed by atoms with Crippen molar-refractivity contribution in [3.05, 3.63) is 0 Å². The molecule has 0 heterocycles. The number of hydrogen-bond acceptors (Lipinski definition) is 6. The number of ketones is 2. The van der Waals surface area contributed by atoms with Crippen LogP contribution in [-0.4, -0.2) is 48.7 Å². The molecule has 6 heteroatoms. The lowest BCUT2D eigenvalue weighted by molar-refractivity contribution is -0.120. The Bertz CT molecular complexity index is 220. The smallest absolute Gasteiger partial charge is 0.164 e. The van der Waals surface area contributed by atoms with E-state index >= 15 is 0 Å². The summed E-state index contributed by atoms with van der Waals surface area (Å²) in [5.74, 6) is 0.835. The first-order valence-electron chi connectivity index (χ1n) is 4.72. The van der Waals surface area contributed by atoms with Crippen LogP contribution in [0.4, 0.5) is 0 Å². The van der Waals surface area contributed by atoms with Gasteiger partial charge in [-0.25, -0.2) is 0 Å². The van der Waals surface area contributed by atoms with E-state index in [1.807, 2.05) is 0 Å². The number of thiol groups is 2. The van der Waals surface area contributed by atoms with Gasteiger partial charge in [0.2, 0.25) is 0 Å². The van der Waals surface area contributed by atoms with Gasteiger partial charge in [-0.2, -0.15) is 25.3 Å². The van der Waals surface area contributed by atoms with E-state index in [9.17, 15) is 9.59 Å². The van der Waals surface area contributed by atoms with Gasteiger partial charge in [0.25, 0.3) is 0 Å². The zero-order valence-electron chi connectivity index (χ0n) is 8.99. The lowest BCUT2D eigenvalue weighted by Crippen LogP contribution is -2.46. The molecule has 0 aliphatic carbocycles. The third kappa shape index (κ3) is 5.55. The van der Waals surface area contributed by atoms with E-state index < -0.39 is 0 Å². The molecule has 15 heavy (non-hydrogen) atoms. The zero-order chi connectivity index (χ0) is 11.8. The molecule has 0 bridgehead atoms. The summed E-state index contributed by atoms with van der Waals surface area (Å²) in [7, 11) is 1.71. The Balaban J connectivity index is 4.02. The fourth-order valence-corrected chi connectivity index (χ4v) is 1.81. The molecule has 88 valence electrons. The maximum absolute atomic E-state index is 11.5. The summed E-state index contributed by atoms with van der Waals surface area (Å²) >= 11 is 8.08. The molecule has 0 spiro atoms. The fraction of sp³-hybridized carbons (Fsp3) is 0.778. The van der Waals surface area contributed by atoms with Gasteiger partial charge < -0.3 is 5.32 Å². The summed E-state index contributed by atoms with van der Waals surface area (Å²) in [6, 6.07) is -0.622. The maximum atomic E-state index is 11.5. The van der Waals surface area contributed by atoms with Gasteiger partial charge in [0, 0.05) is 11.5 Å². The van der Waals surface area contributed by atoms with E-state index in [-0.39, 0.29) is 30.2 Å². The van der Waals surface area contributed by atoms with Crippen LogP contribution in [0.5, 0.6) is 0 Å². The minimum atomic E-state index is -0.352. The Labute approximate surface area is 101 Å². The molecule has 0 saturated carbocycles. The summed E-state index contributed by atoms with van der Waals surface area (Å²) < 4.78 is 0. The molecule has 0 fully saturated rings. The molecule has 2 N–H and O–H groups in total. The molecule has 2 atom stereocenters. The van der Waals surface area contributed by atoms with Gasteiger partial charge in [0.05, 0.1) is 18.6 Å². The highest BCUT2D eigenvalue weighted by Gasteiger charge is 2.17. The first-order chi connectivity index (χ1) is 7.06. The molecular formula is C9H18N2O2S2. The van der Waals surface area contributed by atoms with E-state index in [1.165, 1.54) is 6.92 Å². The van der Waals surface area contributed by atoms with Gasteiger partial charge in [0.15, 0.2) is 5.78 Å². The third-order valence-electron chi connectivity index (χ3n) is 2.12. The Morgan fingerprint density at radius 1 is 1.20 bits per heavy atom. The van der Waals surface area contributed by atoms with E-state index in [1.54, 1.807) is 7.05 Å². The molecule has 0 aromatic heterocycles. The van der Waals surface area contributed by atoms with Crippen LogP contribution in [0.3, 0.4) is 0 Å². The topological polar surface area (TPSA) is 58.2 Å². The Morgan fingerprint density at radius 2 is 1.73 bits per heavy atom. The molecule has 0 aromatic rings. The molecule has 0 aromatic carbocycles. The average Bonchev–Trinajstić information content (AvgIpc) is 2.20. The highest BCUT2D eigenvalue weighted by atomic mass is 32.1. The number of nitrogens with one attached hydrogen (secondary N) is 2. The Hall–Kier alpha value is -0.0400. The second-order valence-electron chi connectivity index (χ2n) is 3.22. The molecule has 0 saturated heterocycles. The SMILES string of the molecule is CN[C@@H](CS)C(=O)CN[C@@H](CS)C(C)=O. The van der Waals surface area contributed by atoms with Crippen LogP contribution in [0.2, 0.25) is 0 Å². The van der Waals surface area contributed by atoms with Crippen molar-refractivity contribution in [3.63, 3.8) is 0 Å². The largest absolute Gasteiger partial charge is 0.310 e. The average molecular weight is 250 g/mol. The van der Waals surface area contributed by atoms with Crippen molar-refractivity contribution in [1.29, 1.82) is 0 Å². The molecule has 0 amide bonds. The van der Waals surface area contributed by atoms with Crippen molar-refractivity contribution >= 4 is 36.8 Å². The van der Waals surface area contributed by atoms with Crippen molar-refractivity contribution in [2.45, 2.75) is 19.0 Å². The van der Waals surface area contributed by atoms with Crippen LogP contribution < -0.4 is 10.6 Å². The van der Waals surface area contributed by atoms with Crippen molar-refractivity contribution in [1.82, 2.24) is 10.6 Å². The predicted molar refractivity (Wildman–Crippen MR) is 68.0 cm³/mol.